The second-order valence-electron chi connectivity index (χ2n) is 4.90. The van der Waals surface area contributed by atoms with Crippen LogP contribution >= 0.6 is 0 Å². The molecule has 3 rings (SSSR count). The van der Waals surface area contributed by atoms with E-state index in [4.69, 9.17) is 10.5 Å². The van der Waals surface area contributed by atoms with E-state index in [9.17, 15) is 12.8 Å². The van der Waals surface area contributed by atoms with Gasteiger partial charge in [-0.3, -0.25) is 0 Å². The lowest BCUT2D eigenvalue weighted by molar-refractivity contribution is 0.358. The maximum Gasteiger partial charge on any atom is 0.207 e. The van der Waals surface area contributed by atoms with Crippen molar-refractivity contribution < 1.29 is 17.5 Å². The minimum absolute atomic E-state index is 0.105. The molecule has 0 bridgehead atoms. The molecule has 1 aliphatic heterocycles. The second-order valence-corrected chi connectivity index (χ2v) is 6.84. The maximum atomic E-state index is 12.8. The summed E-state index contributed by atoms with van der Waals surface area (Å²) in [6.07, 6.45) is 1.59. The Labute approximate surface area is 127 Å². The van der Waals surface area contributed by atoms with E-state index >= 15 is 0 Å². The first-order valence-corrected chi connectivity index (χ1v) is 8.16. The first kappa shape index (κ1) is 14.7. The molecule has 0 atom stereocenters. The van der Waals surface area contributed by atoms with E-state index in [1.807, 2.05) is 0 Å². The number of fused-ring (bicyclic) bond motifs is 1. The summed E-state index contributed by atoms with van der Waals surface area (Å²) in [7, 11) is -3.59. The van der Waals surface area contributed by atoms with Crippen LogP contribution in [0.4, 0.5) is 4.39 Å². The van der Waals surface area contributed by atoms with E-state index < -0.39 is 9.84 Å². The normalized spacial score (nSPS) is 15.3. The van der Waals surface area contributed by atoms with Crippen LogP contribution in [0.15, 0.2) is 52.3 Å². The predicted octanol–water partition coefficient (Wildman–Crippen LogP) is 2.49. The maximum absolute atomic E-state index is 12.8. The van der Waals surface area contributed by atoms with Gasteiger partial charge in [-0.05, 0) is 41.5 Å². The summed E-state index contributed by atoms with van der Waals surface area (Å²) in [5.74, 6) is 0.0348. The van der Waals surface area contributed by atoms with Crippen LogP contribution in [0.2, 0.25) is 0 Å². The quantitative estimate of drug-likeness (QED) is 0.940. The van der Waals surface area contributed by atoms with Crippen molar-refractivity contribution in [3.8, 4) is 5.75 Å². The van der Waals surface area contributed by atoms with Crippen molar-refractivity contribution in [3.05, 3.63) is 64.3 Å². The number of rotatable bonds is 4. The summed E-state index contributed by atoms with van der Waals surface area (Å²) >= 11 is 0. The Morgan fingerprint density at radius 3 is 2.50 bits per heavy atom. The molecule has 0 unspecified atom stereocenters. The van der Waals surface area contributed by atoms with Gasteiger partial charge >= 0.3 is 0 Å². The zero-order valence-electron chi connectivity index (χ0n) is 11.6. The third-order valence-corrected chi connectivity index (χ3v) is 5.43. The van der Waals surface area contributed by atoms with Gasteiger partial charge in [-0.15, -0.1) is 0 Å². The van der Waals surface area contributed by atoms with Crippen molar-refractivity contribution in [2.75, 3.05) is 6.61 Å². The number of hydrogen-bond acceptors (Lipinski definition) is 4. The van der Waals surface area contributed by atoms with Crippen molar-refractivity contribution >= 4 is 15.9 Å². The van der Waals surface area contributed by atoms with Crippen molar-refractivity contribution in [1.29, 1.82) is 0 Å². The molecule has 0 aliphatic carbocycles. The highest BCUT2D eigenvalue weighted by atomic mass is 32.2. The number of hydrogen-bond donors (Lipinski definition) is 1. The molecule has 0 aromatic heterocycles. The van der Waals surface area contributed by atoms with Gasteiger partial charge in [0.2, 0.25) is 9.84 Å². The molecule has 0 amide bonds. The Bertz CT molecular complexity index is 842. The van der Waals surface area contributed by atoms with Crippen LogP contribution in [-0.2, 0) is 16.4 Å². The van der Waals surface area contributed by atoms with Crippen LogP contribution < -0.4 is 10.5 Å². The molecule has 114 valence electrons. The van der Waals surface area contributed by atoms with E-state index in [1.54, 1.807) is 24.3 Å². The lowest BCUT2D eigenvalue weighted by Crippen LogP contribution is -2.12. The smallest absolute Gasteiger partial charge is 0.207 e. The molecule has 0 saturated heterocycles. The van der Waals surface area contributed by atoms with Gasteiger partial charge in [0.05, 0.1) is 9.80 Å². The molecule has 6 heteroatoms. The standard InChI is InChI=1S/C16H14FNO3S/c17-13-4-6-14(7-5-13)21-10-15-8-11-2-1-3-12(9-18)16(11)22(15,19)20/h1-8H,9-10,18H2. The van der Waals surface area contributed by atoms with E-state index in [1.165, 1.54) is 24.3 Å². The molecule has 2 N–H and O–H groups in total. The number of ether oxygens (including phenoxy) is 1. The number of sulfone groups is 1. The lowest BCUT2D eigenvalue weighted by Gasteiger charge is -2.09. The average Bonchev–Trinajstić information content (AvgIpc) is 2.78. The first-order valence-electron chi connectivity index (χ1n) is 6.68. The minimum Gasteiger partial charge on any atom is -0.488 e. The molecule has 0 fully saturated rings. The molecule has 2 aromatic rings. The number of halogens is 1. The van der Waals surface area contributed by atoms with Crippen LogP contribution in [0.25, 0.3) is 6.08 Å². The Hall–Kier alpha value is -2.18. The highest BCUT2D eigenvalue weighted by Crippen LogP contribution is 2.35. The van der Waals surface area contributed by atoms with E-state index in [0.717, 1.165) is 0 Å². The Morgan fingerprint density at radius 2 is 1.82 bits per heavy atom. The molecule has 2 aromatic carbocycles. The van der Waals surface area contributed by atoms with Crippen LogP contribution in [-0.4, -0.2) is 15.0 Å². The Balaban J connectivity index is 1.86. The number of nitrogens with two attached hydrogens (primary N) is 1. The van der Waals surface area contributed by atoms with E-state index in [0.29, 0.717) is 16.9 Å². The predicted molar refractivity (Wildman–Crippen MR) is 81.4 cm³/mol. The van der Waals surface area contributed by atoms with E-state index in [-0.39, 0.29) is 28.8 Å². The first-order chi connectivity index (χ1) is 10.5. The highest BCUT2D eigenvalue weighted by Gasteiger charge is 2.31. The Morgan fingerprint density at radius 1 is 1.09 bits per heavy atom. The summed E-state index contributed by atoms with van der Waals surface area (Å²) in [6, 6.07) is 10.6. The van der Waals surface area contributed by atoms with Crippen molar-refractivity contribution in [1.82, 2.24) is 0 Å². The SMILES string of the molecule is NCc1cccc2c1S(=O)(=O)C(COc1ccc(F)cc1)=C2. The van der Waals surface area contributed by atoms with Crippen molar-refractivity contribution in [3.63, 3.8) is 0 Å². The van der Waals surface area contributed by atoms with E-state index in [2.05, 4.69) is 0 Å². The zero-order chi connectivity index (χ0) is 15.7. The molecule has 0 radical (unpaired) electrons. The van der Waals surface area contributed by atoms with Crippen LogP contribution in [0.5, 0.6) is 5.75 Å². The van der Waals surface area contributed by atoms with Crippen LogP contribution in [0.1, 0.15) is 11.1 Å². The van der Waals surface area contributed by atoms with Gasteiger partial charge in [0, 0.05) is 6.54 Å². The summed E-state index contributed by atoms with van der Waals surface area (Å²) < 4.78 is 43.4. The van der Waals surface area contributed by atoms with Gasteiger partial charge in [-0.2, -0.15) is 0 Å². The molecule has 1 aliphatic rings. The number of benzene rings is 2. The van der Waals surface area contributed by atoms with Gasteiger partial charge in [-0.1, -0.05) is 18.2 Å². The molecule has 0 spiro atoms. The van der Waals surface area contributed by atoms with Crippen molar-refractivity contribution in [2.24, 2.45) is 5.73 Å². The summed E-state index contributed by atoms with van der Waals surface area (Å²) in [5.41, 5.74) is 6.83. The van der Waals surface area contributed by atoms with Crippen molar-refractivity contribution in [2.45, 2.75) is 11.4 Å². The van der Waals surface area contributed by atoms with Crippen LogP contribution in [0.3, 0.4) is 0 Å². The molecule has 22 heavy (non-hydrogen) atoms. The summed E-state index contributed by atoms with van der Waals surface area (Å²) in [5, 5.41) is 0. The summed E-state index contributed by atoms with van der Waals surface area (Å²) in [6.45, 7) is 0.0506. The second kappa shape index (κ2) is 5.55. The lowest BCUT2D eigenvalue weighted by atomic mass is 10.1. The van der Waals surface area contributed by atoms with Gasteiger partial charge in [-0.25, -0.2) is 12.8 Å². The average molecular weight is 319 g/mol. The fourth-order valence-electron chi connectivity index (χ4n) is 2.39. The molecule has 4 nitrogen and oxygen atoms in total. The highest BCUT2D eigenvalue weighted by molar-refractivity contribution is 7.96. The third-order valence-electron chi connectivity index (χ3n) is 3.47. The van der Waals surface area contributed by atoms with Crippen LogP contribution in [0, 0.1) is 5.82 Å². The fourth-order valence-corrected chi connectivity index (χ4v) is 4.09. The molecule has 1 heterocycles. The van der Waals surface area contributed by atoms with Gasteiger partial charge < -0.3 is 10.5 Å². The Kier molecular flexibility index (Phi) is 3.72. The minimum atomic E-state index is -3.59. The van der Waals surface area contributed by atoms with Gasteiger partial charge in [0.1, 0.15) is 18.2 Å². The zero-order valence-corrected chi connectivity index (χ0v) is 12.4. The fraction of sp³-hybridized carbons (Fsp3) is 0.125. The molecular weight excluding hydrogens is 305 g/mol. The third kappa shape index (κ3) is 2.51. The molecule has 0 saturated carbocycles. The largest absolute Gasteiger partial charge is 0.488 e. The summed E-state index contributed by atoms with van der Waals surface area (Å²) in [4.78, 5) is 0.433. The topological polar surface area (TPSA) is 69.4 Å². The molecular formula is C16H14FNO3S. The van der Waals surface area contributed by atoms with Gasteiger partial charge in [0.25, 0.3) is 0 Å². The van der Waals surface area contributed by atoms with Gasteiger partial charge in [0.15, 0.2) is 0 Å². The monoisotopic (exact) mass is 319 g/mol.